The lowest BCUT2D eigenvalue weighted by molar-refractivity contribution is -0.0527. The number of anilines is 1. The second kappa shape index (κ2) is 5.66. The van der Waals surface area contributed by atoms with Crippen molar-refractivity contribution in [1.82, 2.24) is 10.1 Å². The zero-order valence-electron chi connectivity index (χ0n) is 11.9. The molecule has 2 N–H and O–H groups in total. The number of nitrogens with two attached hydrogens (primary N) is 1. The van der Waals surface area contributed by atoms with E-state index in [4.69, 9.17) is 26.6 Å². The first-order valence-electron chi connectivity index (χ1n) is 7.09. The lowest BCUT2D eigenvalue weighted by Gasteiger charge is -2.32. The molecule has 0 amide bonds. The summed E-state index contributed by atoms with van der Waals surface area (Å²) in [6.45, 7) is 0. The van der Waals surface area contributed by atoms with E-state index in [1.54, 1.807) is 19.2 Å². The highest BCUT2D eigenvalue weighted by molar-refractivity contribution is 6.33. The van der Waals surface area contributed by atoms with Gasteiger partial charge in [-0.25, -0.2) is 0 Å². The first-order chi connectivity index (χ1) is 10.1. The van der Waals surface area contributed by atoms with Crippen LogP contribution in [-0.2, 0) is 10.3 Å². The SMILES string of the molecule is COC1(c2noc(-c3ccc(N)c(Cl)c3)n2)CCCCC1. The van der Waals surface area contributed by atoms with Crippen molar-refractivity contribution in [3.63, 3.8) is 0 Å². The van der Waals surface area contributed by atoms with Crippen LogP contribution in [0.15, 0.2) is 22.7 Å². The molecule has 2 aromatic rings. The highest BCUT2D eigenvalue weighted by Gasteiger charge is 2.38. The molecule has 0 saturated heterocycles. The van der Waals surface area contributed by atoms with E-state index >= 15 is 0 Å². The third-order valence-electron chi connectivity index (χ3n) is 4.13. The number of ether oxygens (including phenoxy) is 1. The van der Waals surface area contributed by atoms with Gasteiger partial charge in [-0.15, -0.1) is 0 Å². The van der Waals surface area contributed by atoms with Crippen LogP contribution < -0.4 is 5.73 Å². The van der Waals surface area contributed by atoms with Crippen molar-refractivity contribution in [2.75, 3.05) is 12.8 Å². The molecule has 1 aromatic carbocycles. The maximum absolute atomic E-state index is 6.03. The predicted octanol–water partition coefficient (Wildman–Crippen LogP) is 3.78. The van der Waals surface area contributed by atoms with Gasteiger partial charge in [-0.05, 0) is 31.0 Å². The minimum Gasteiger partial charge on any atom is -0.398 e. The van der Waals surface area contributed by atoms with Gasteiger partial charge in [0.2, 0.25) is 5.82 Å². The molecule has 0 aliphatic heterocycles. The Kier molecular flexibility index (Phi) is 3.87. The summed E-state index contributed by atoms with van der Waals surface area (Å²) >= 11 is 6.03. The summed E-state index contributed by atoms with van der Waals surface area (Å²) in [6, 6.07) is 5.28. The number of aromatic nitrogens is 2. The predicted molar refractivity (Wildman–Crippen MR) is 80.9 cm³/mol. The number of benzene rings is 1. The quantitative estimate of drug-likeness (QED) is 0.873. The maximum Gasteiger partial charge on any atom is 0.258 e. The van der Waals surface area contributed by atoms with Crippen LogP contribution in [0.1, 0.15) is 37.9 Å². The van der Waals surface area contributed by atoms with Crippen LogP contribution in [0.2, 0.25) is 5.02 Å². The molecule has 0 spiro atoms. The Morgan fingerprint density at radius 1 is 1.29 bits per heavy atom. The van der Waals surface area contributed by atoms with Gasteiger partial charge in [0.15, 0.2) is 0 Å². The Bertz CT molecular complexity index is 636. The summed E-state index contributed by atoms with van der Waals surface area (Å²) in [5.41, 5.74) is 6.58. The summed E-state index contributed by atoms with van der Waals surface area (Å²) in [6.07, 6.45) is 5.30. The van der Waals surface area contributed by atoms with Crippen LogP contribution in [0.3, 0.4) is 0 Å². The molecule has 1 fully saturated rings. The van der Waals surface area contributed by atoms with Gasteiger partial charge in [-0.2, -0.15) is 4.98 Å². The van der Waals surface area contributed by atoms with Gasteiger partial charge in [0.1, 0.15) is 5.60 Å². The van der Waals surface area contributed by atoms with Crippen molar-refractivity contribution in [1.29, 1.82) is 0 Å². The molecule has 0 radical (unpaired) electrons. The molecule has 1 aromatic heterocycles. The number of nitrogens with zero attached hydrogens (tertiary/aromatic N) is 2. The molecule has 1 aliphatic carbocycles. The van der Waals surface area contributed by atoms with Crippen LogP contribution in [0, 0.1) is 0 Å². The van der Waals surface area contributed by atoms with E-state index in [0.29, 0.717) is 22.4 Å². The second-order valence-corrected chi connectivity index (χ2v) is 5.83. The Balaban J connectivity index is 1.93. The molecule has 0 unspecified atom stereocenters. The third kappa shape index (κ3) is 2.63. The smallest absolute Gasteiger partial charge is 0.258 e. The number of hydrogen-bond acceptors (Lipinski definition) is 5. The minimum atomic E-state index is -0.419. The fourth-order valence-electron chi connectivity index (χ4n) is 2.83. The molecule has 0 atom stereocenters. The fourth-order valence-corrected chi connectivity index (χ4v) is 3.01. The Labute approximate surface area is 128 Å². The first kappa shape index (κ1) is 14.4. The van der Waals surface area contributed by atoms with E-state index in [-0.39, 0.29) is 0 Å². The number of rotatable bonds is 3. The molecule has 21 heavy (non-hydrogen) atoms. The zero-order chi connectivity index (χ0) is 14.9. The van der Waals surface area contributed by atoms with E-state index in [1.807, 2.05) is 6.07 Å². The molecule has 1 aliphatic rings. The minimum absolute atomic E-state index is 0.419. The third-order valence-corrected chi connectivity index (χ3v) is 4.46. The van der Waals surface area contributed by atoms with Crippen molar-refractivity contribution < 1.29 is 9.26 Å². The van der Waals surface area contributed by atoms with Crippen molar-refractivity contribution in [2.24, 2.45) is 0 Å². The first-order valence-corrected chi connectivity index (χ1v) is 7.47. The van der Waals surface area contributed by atoms with Gasteiger partial charge < -0.3 is 15.0 Å². The summed E-state index contributed by atoms with van der Waals surface area (Å²) in [5.74, 6) is 1.06. The largest absolute Gasteiger partial charge is 0.398 e. The molecule has 3 rings (SSSR count). The molecular formula is C15H18ClN3O2. The molecule has 1 heterocycles. The van der Waals surface area contributed by atoms with Gasteiger partial charge >= 0.3 is 0 Å². The van der Waals surface area contributed by atoms with E-state index in [9.17, 15) is 0 Å². The van der Waals surface area contributed by atoms with Crippen LogP contribution in [-0.4, -0.2) is 17.3 Å². The molecule has 5 nitrogen and oxygen atoms in total. The van der Waals surface area contributed by atoms with E-state index in [2.05, 4.69) is 10.1 Å². The summed E-state index contributed by atoms with van der Waals surface area (Å²) in [4.78, 5) is 4.52. The highest BCUT2D eigenvalue weighted by Crippen LogP contribution is 2.39. The lowest BCUT2D eigenvalue weighted by atomic mass is 9.84. The van der Waals surface area contributed by atoms with Gasteiger partial charge in [0.25, 0.3) is 5.89 Å². The van der Waals surface area contributed by atoms with Gasteiger partial charge in [0.05, 0.1) is 10.7 Å². The number of nitrogen functional groups attached to an aromatic ring is 1. The molecule has 1 saturated carbocycles. The van der Waals surface area contributed by atoms with Crippen molar-refractivity contribution >= 4 is 17.3 Å². The number of halogens is 1. The standard InChI is InChI=1S/C15H18ClN3O2/c1-20-15(7-3-2-4-8-15)14-18-13(21-19-14)10-5-6-12(17)11(16)9-10/h5-6,9H,2-4,7-8,17H2,1H3. The Morgan fingerprint density at radius 2 is 2.05 bits per heavy atom. The summed E-state index contributed by atoms with van der Waals surface area (Å²) in [5, 5.41) is 4.60. The Morgan fingerprint density at radius 3 is 2.71 bits per heavy atom. The lowest BCUT2D eigenvalue weighted by Crippen LogP contribution is -2.32. The van der Waals surface area contributed by atoms with E-state index < -0.39 is 5.60 Å². The monoisotopic (exact) mass is 307 g/mol. The van der Waals surface area contributed by atoms with Crippen LogP contribution in [0.4, 0.5) is 5.69 Å². The molecule has 0 bridgehead atoms. The maximum atomic E-state index is 6.03. The van der Waals surface area contributed by atoms with Crippen LogP contribution in [0.5, 0.6) is 0 Å². The Hall–Kier alpha value is -1.59. The van der Waals surface area contributed by atoms with E-state index in [0.717, 1.165) is 31.2 Å². The normalized spacial score (nSPS) is 17.8. The van der Waals surface area contributed by atoms with Crippen molar-refractivity contribution in [3.05, 3.63) is 29.0 Å². The van der Waals surface area contributed by atoms with Crippen LogP contribution >= 0.6 is 11.6 Å². The number of methoxy groups -OCH3 is 1. The van der Waals surface area contributed by atoms with Crippen molar-refractivity contribution in [2.45, 2.75) is 37.7 Å². The molecule has 112 valence electrons. The van der Waals surface area contributed by atoms with Crippen LogP contribution in [0.25, 0.3) is 11.5 Å². The van der Waals surface area contributed by atoms with Gasteiger partial charge in [-0.1, -0.05) is 36.0 Å². The summed E-state index contributed by atoms with van der Waals surface area (Å²) < 4.78 is 11.1. The van der Waals surface area contributed by atoms with Gasteiger partial charge in [-0.3, -0.25) is 0 Å². The van der Waals surface area contributed by atoms with Crippen molar-refractivity contribution in [3.8, 4) is 11.5 Å². The van der Waals surface area contributed by atoms with Gasteiger partial charge in [0, 0.05) is 12.7 Å². The highest BCUT2D eigenvalue weighted by atomic mass is 35.5. The average molecular weight is 308 g/mol. The zero-order valence-corrected chi connectivity index (χ0v) is 12.7. The fraction of sp³-hybridized carbons (Fsp3) is 0.467. The van der Waals surface area contributed by atoms with E-state index in [1.165, 1.54) is 6.42 Å². The number of hydrogen-bond donors (Lipinski definition) is 1. The average Bonchev–Trinajstić information content (AvgIpc) is 3.01. The molecular weight excluding hydrogens is 290 g/mol. The topological polar surface area (TPSA) is 74.2 Å². The molecule has 6 heteroatoms. The summed E-state index contributed by atoms with van der Waals surface area (Å²) in [7, 11) is 1.71. The second-order valence-electron chi connectivity index (χ2n) is 5.42.